The first kappa shape index (κ1) is 13.9. The largest absolute Gasteiger partial charge is 0.385 e. The molecule has 0 unspecified atom stereocenters. The minimum atomic E-state index is -0.0250. The van der Waals surface area contributed by atoms with Gasteiger partial charge in [0.25, 0.3) is 5.91 Å². The van der Waals surface area contributed by atoms with Gasteiger partial charge >= 0.3 is 0 Å². The van der Waals surface area contributed by atoms with E-state index < -0.39 is 0 Å². The van der Waals surface area contributed by atoms with Crippen molar-refractivity contribution in [2.24, 2.45) is 5.92 Å². The van der Waals surface area contributed by atoms with E-state index >= 15 is 0 Å². The molecule has 1 aliphatic heterocycles. The van der Waals surface area contributed by atoms with Crippen LogP contribution < -0.4 is 16.0 Å². The molecule has 0 bridgehead atoms. The highest BCUT2D eigenvalue weighted by atomic mass is 16.1. The second-order valence-electron chi connectivity index (χ2n) is 5.13. The Bertz CT molecular complexity index is 439. The molecular formula is C15H23N3O. The Kier molecular flexibility index (Phi) is 4.80. The summed E-state index contributed by atoms with van der Waals surface area (Å²) in [6.07, 6.45) is 2.45. The van der Waals surface area contributed by atoms with Crippen LogP contribution in [-0.2, 0) is 0 Å². The number of amides is 1. The van der Waals surface area contributed by atoms with Gasteiger partial charge in [0.2, 0.25) is 0 Å². The highest BCUT2D eigenvalue weighted by molar-refractivity contribution is 5.96. The quantitative estimate of drug-likeness (QED) is 0.774. The third-order valence-corrected chi connectivity index (χ3v) is 3.85. The SMILES string of the molecule is CNC(=O)c1cccc(NCC2CCNCC2)c1C. The summed E-state index contributed by atoms with van der Waals surface area (Å²) < 4.78 is 0. The number of carbonyl (C=O) groups excluding carboxylic acids is 1. The zero-order chi connectivity index (χ0) is 13.7. The van der Waals surface area contributed by atoms with Gasteiger partial charge < -0.3 is 16.0 Å². The highest BCUT2D eigenvalue weighted by Crippen LogP contribution is 2.20. The molecule has 0 aliphatic carbocycles. The van der Waals surface area contributed by atoms with Crippen molar-refractivity contribution in [3.63, 3.8) is 0 Å². The molecule has 0 aromatic heterocycles. The van der Waals surface area contributed by atoms with Gasteiger partial charge in [-0.05, 0) is 56.5 Å². The molecule has 1 saturated heterocycles. The van der Waals surface area contributed by atoms with Crippen LogP contribution >= 0.6 is 0 Å². The van der Waals surface area contributed by atoms with Crippen LogP contribution in [0.1, 0.15) is 28.8 Å². The van der Waals surface area contributed by atoms with Crippen LogP contribution in [-0.4, -0.2) is 32.6 Å². The topological polar surface area (TPSA) is 53.2 Å². The van der Waals surface area contributed by atoms with Crippen LogP contribution in [0.4, 0.5) is 5.69 Å². The van der Waals surface area contributed by atoms with E-state index in [0.29, 0.717) is 0 Å². The van der Waals surface area contributed by atoms with E-state index in [9.17, 15) is 4.79 Å². The summed E-state index contributed by atoms with van der Waals surface area (Å²) >= 11 is 0. The molecule has 3 N–H and O–H groups in total. The second kappa shape index (κ2) is 6.57. The first-order chi connectivity index (χ1) is 9.22. The molecule has 1 aromatic carbocycles. The number of rotatable bonds is 4. The first-order valence-corrected chi connectivity index (χ1v) is 6.98. The van der Waals surface area contributed by atoms with Crippen molar-refractivity contribution in [1.29, 1.82) is 0 Å². The van der Waals surface area contributed by atoms with E-state index in [1.165, 1.54) is 12.8 Å². The molecule has 1 amide bonds. The first-order valence-electron chi connectivity index (χ1n) is 6.98. The lowest BCUT2D eigenvalue weighted by Gasteiger charge is -2.24. The Hall–Kier alpha value is -1.55. The predicted octanol–water partition coefficient (Wildman–Crippen LogP) is 1.77. The number of hydrogen-bond donors (Lipinski definition) is 3. The minimum absolute atomic E-state index is 0.0250. The van der Waals surface area contributed by atoms with Crippen molar-refractivity contribution >= 4 is 11.6 Å². The maximum Gasteiger partial charge on any atom is 0.251 e. The lowest BCUT2D eigenvalue weighted by molar-refractivity contribution is 0.0962. The van der Waals surface area contributed by atoms with Gasteiger partial charge in [-0.1, -0.05) is 6.07 Å². The van der Waals surface area contributed by atoms with Crippen LogP contribution in [0.3, 0.4) is 0 Å². The Labute approximate surface area is 115 Å². The number of anilines is 1. The Morgan fingerprint density at radius 1 is 1.37 bits per heavy atom. The fourth-order valence-corrected chi connectivity index (χ4v) is 2.55. The van der Waals surface area contributed by atoms with Crippen LogP contribution in [0.2, 0.25) is 0 Å². The van der Waals surface area contributed by atoms with Crippen LogP contribution in [0.25, 0.3) is 0 Å². The van der Waals surface area contributed by atoms with E-state index in [1.54, 1.807) is 7.05 Å². The zero-order valence-electron chi connectivity index (χ0n) is 11.8. The highest BCUT2D eigenvalue weighted by Gasteiger charge is 2.14. The molecule has 19 heavy (non-hydrogen) atoms. The Morgan fingerprint density at radius 2 is 2.11 bits per heavy atom. The molecule has 1 fully saturated rings. The fourth-order valence-electron chi connectivity index (χ4n) is 2.55. The normalized spacial score (nSPS) is 16.1. The zero-order valence-corrected chi connectivity index (χ0v) is 11.8. The number of piperidine rings is 1. The van der Waals surface area contributed by atoms with Crippen molar-refractivity contribution in [1.82, 2.24) is 10.6 Å². The van der Waals surface area contributed by atoms with Gasteiger partial charge in [-0.2, -0.15) is 0 Å². The third kappa shape index (κ3) is 3.47. The van der Waals surface area contributed by atoms with Crippen molar-refractivity contribution in [3.05, 3.63) is 29.3 Å². The molecule has 4 heteroatoms. The Balaban J connectivity index is 2.01. The standard InChI is InChI=1S/C15H23N3O/c1-11-13(15(19)16-2)4-3-5-14(11)18-10-12-6-8-17-9-7-12/h3-5,12,17-18H,6-10H2,1-2H3,(H,16,19). The van der Waals surface area contributed by atoms with Gasteiger partial charge in [0.15, 0.2) is 0 Å². The lowest BCUT2D eigenvalue weighted by Crippen LogP contribution is -2.31. The monoisotopic (exact) mass is 261 g/mol. The molecule has 1 aliphatic rings. The van der Waals surface area contributed by atoms with Crippen molar-refractivity contribution < 1.29 is 4.79 Å². The summed E-state index contributed by atoms with van der Waals surface area (Å²) in [7, 11) is 1.66. The van der Waals surface area contributed by atoms with Crippen molar-refractivity contribution in [2.45, 2.75) is 19.8 Å². The predicted molar refractivity (Wildman–Crippen MR) is 78.7 cm³/mol. The summed E-state index contributed by atoms with van der Waals surface area (Å²) in [5, 5.41) is 9.55. The maximum atomic E-state index is 11.7. The van der Waals surface area contributed by atoms with Crippen LogP contribution in [0.15, 0.2) is 18.2 Å². The molecule has 104 valence electrons. The minimum Gasteiger partial charge on any atom is -0.385 e. The van der Waals surface area contributed by atoms with E-state index in [4.69, 9.17) is 0 Å². The molecule has 1 aromatic rings. The summed E-state index contributed by atoms with van der Waals surface area (Å²) in [5.41, 5.74) is 2.84. The summed E-state index contributed by atoms with van der Waals surface area (Å²) in [6.45, 7) is 5.21. The maximum absolute atomic E-state index is 11.7. The summed E-state index contributed by atoms with van der Waals surface area (Å²) in [5.74, 6) is 0.701. The van der Waals surface area contributed by atoms with Gasteiger partial charge in [0.05, 0.1) is 0 Å². The number of carbonyl (C=O) groups is 1. The average molecular weight is 261 g/mol. The molecular weight excluding hydrogens is 238 g/mol. The number of benzene rings is 1. The number of nitrogens with one attached hydrogen (secondary N) is 3. The van der Waals surface area contributed by atoms with Gasteiger partial charge in [-0.3, -0.25) is 4.79 Å². The van der Waals surface area contributed by atoms with Crippen molar-refractivity contribution in [3.8, 4) is 0 Å². The smallest absolute Gasteiger partial charge is 0.251 e. The fraction of sp³-hybridized carbons (Fsp3) is 0.533. The third-order valence-electron chi connectivity index (χ3n) is 3.85. The Morgan fingerprint density at radius 3 is 2.79 bits per heavy atom. The molecule has 2 rings (SSSR count). The van der Waals surface area contributed by atoms with Gasteiger partial charge in [0.1, 0.15) is 0 Å². The second-order valence-corrected chi connectivity index (χ2v) is 5.13. The van der Waals surface area contributed by atoms with Crippen molar-refractivity contribution in [2.75, 3.05) is 32.0 Å². The van der Waals surface area contributed by atoms with E-state index in [1.807, 2.05) is 25.1 Å². The summed E-state index contributed by atoms with van der Waals surface area (Å²) in [4.78, 5) is 11.7. The molecule has 1 heterocycles. The molecule has 0 atom stereocenters. The van der Waals surface area contributed by atoms with Gasteiger partial charge in [-0.25, -0.2) is 0 Å². The molecule has 0 radical (unpaired) electrons. The van der Waals surface area contributed by atoms with E-state index in [0.717, 1.165) is 42.4 Å². The molecule has 0 spiro atoms. The molecule has 0 saturated carbocycles. The van der Waals surface area contributed by atoms with Crippen LogP contribution in [0.5, 0.6) is 0 Å². The summed E-state index contributed by atoms with van der Waals surface area (Å²) in [6, 6.07) is 5.84. The number of hydrogen-bond acceptors (Lipinski definition) is 3. The van der Waals surface area contributed by atoms with Crippen LogP contribution in [0, 0.1) is 12.8 Å². The molecule has 4 nitrogen and oxygen atoms in total. The average Bonchev–Trinajstić information content (AvgIpc) is 2.46. The van der Waals surface area contributed by atoms with E-state index in [2.05, 4.69) is 16.0 Å². The van der Waals surface area contributed by atoms with Gasteiger partial charge in [0, 0.05) is 24.8 Å². The lowest BCUT2D eigenvalue weighted by atomic mass is 9.97. The van der Waals surface area contributed by atoms with E-state index in [-0.39, 0.29) is 5.91 Å². The van der Waals surface area contributed by atoms with Gasteiger partial charge in [-0.15, -0.1) is 0 Å².